The van der Waals surface area contributed by atoms with Crippen molar-refractivity contribution in [3.05, 3.63) is 35.7 Å². The Hall–Kier alpha value is -2.60. The molecular formula is C22H25F5N6O. The average Bonchev–Trinajstić information content (AvgIpc) is 3.44. The van der Waals surface area contributed by atoms with E-state index in [1.165, 1.54) is 4.90 Å². The monoisotopic (exact) mass is 484 g/mol. The van der Waals surface area contributed by atoms with Gasteiger partial charge in [-0.2, -0.15) is 18.2 Å². The number of pyridine rings is 1. The lowest BCUT2D eigenvalue weighted by molar-refractivity contribution is -0.137. The number of ether oxygens (including phenoxy) is 1. The van der Waals surface area contributed by atoms with Gasteiger partial charge < -0.3 is 19.9 Å². The Bertz CT molecular complexity index is 1020. The van der Waals surface area contributed by atoms with Crippen LogP contribution in [-0.2, 0) is 10.9 Å². The summed E-state index contributed by atoms with van der Waals surface area (Å²) < 4.78 is 71.7. The summed E-state index contributed by atoms with van der Waals surface area (Å²) in [5, 5.41) is 2.81. The fourth-order valence-electron chi connectivity index (χ4n) is 4.66. The normalized spacial score (nSPS) is 24.9. The summed E-state index contributed by atoms with van der Waals surface area (Å²) >= 11 is 0. The average molecular weight is 484 g/mol. The molecule has 3 aliphatic rings. The molecule has 184 valence electrons. The highest BCUT2D eigenvalue weighted by atomic mass is 19.4. The van der Waals surface area contributed by atoms with Gasteiger partial charge >= 0.3 is 6.18 Å². The van der Waals surface area contributed by atoms with Crippen LogP contribution in [0.15, 0.2) is 24.4 Å². The van der Waals surface area contributed by atoms with E-state index in [1.807, 2.05) is 0 Å². The summed E-state index contributed by atoms with van der Waals surface area (Å²) in [6.07, 6.45) is -1.56. The van der Waals surface area contributed by atoms with Crippen molar-refractivity contribution in [1.29, 1.82) is 0 Å². The largest absolute Gasteiger partial charge is 0.416 e. The van der Waals surface area contributed by atoms with E-state index in [9.17, 15) is 22.0 Å². The maximum atomic E-state index is 13.5. The van der Waals surface area contributed by atoms with Crippen LogP contribution in [0.4, 0.5) is 39.5 Å². The van der Waals surface area contributed by atoms with Crippen LogP contribution in [0, 0.1) is 5.92 Å². The topological polar surface area (TPSA) is 66.4 Å². The summed E-state index contributed by atoms with van der Waals surface area (Å²) in [6.45, 7) is 3.17. The first-order chi connectivity index (χ1) is 16.1. The zero-order valence-corrected chi connectivity index (χ0v) is 18.4. The molecule has 12 heteroatoms. The van der Waals surface area contributed by atoms with Crippen molar-refractivity contribution in [2.24, 2.45) is 5.92 Å². The van der Waals surface area contributed by atoms with Crippen molar-refractivity contribution in [1.82, 2.24) is 19.9 Å². The quantitative estimate of drug-likeness (QED) is 0.624. The molecule has 7 nitrogen and oxygen atoms in total. The first-order valence-electron chi connectivity index (χ1n) is 11.3. The number of alkyl halides is 5. The molecule has 3 saturated heterocycles. The van der Waals surface area contributed by atoms with Gasteiger partial charge in [0.05, 0.1) is 31.0 Å². The van der Waals surface area contributed by atoms with Gasteiger partial charge in [0.2, 0.25) is 5.95 Å². The Morgan fingerprint density at radius 3 is 2.65 bits per heavy atom. The molecule has 0 aliphatic carbocycles. The maximum Gasteiger partial charge on any atom is 0.416 e. The molecule has 0 saturated carbocycles. The molecule has 5 heterocycles. The number of hydrogen-bond donors (Lipinski definition) is 1. The van der Waals surface area contributed by atoms with Gasteiger partial charge in [-0.25, -0.2) is 18.7 Å². The number of likely N-dealkylation sites (tertiary alicyclic amines) is 1. The van der Waals surface area contributed by atoms with Gasteiger partial charge in [-0.15, -0.1) is 0 Å². The van der Waals surface area contributed by atoms with Crippen molar-refractivity contribution in [2.45, 2.75) is 30.9 Å². The second kappa shape index (κ2) is 8.88. The fourth-order valence-corrected chi connectivity index (χ4v) is 4.66. The Morgan fingerprint density at radius 1 is 1.12 bits per heavy atom. The summed E-state index contributed by atoms with van der Waals surface area (Å²) in [7, 11) is 0. The van der Waals surface area contributed by atoms with Crippen LogP contribution in [0.1, 0.15) is 30.0 Å². The second-order valence-electron chi connectivity index (χ2n) is 9.22. The molecule has 2 atom stereocenters. The third kappa shape index (κ3) is 5.22. The zero-order chi connectivity index (χ0) is 23.9. The molecule has 2 aromatic heterocycles. The summed E-state index contributed by atoms with van der Waals surface area (Å²) in [5.74, 6) is -1.89. The van der Waals surface area contributed by atoms with Crippen molar-refractivity contribution in [2.75, 3.05) is 56.2 Å². The smallest absolute Gasteiger partial charge is 0.381 e. The van der Waals surface area contributed by atoms with Crippen LogP contribution in [0.3, 0.4) is 0 Å². The molecule has 2 unspecified atom stereocenters. The predicted molar refractivity (Wildman–Crippen MR) is 114 cm³/mol. The minimum atomic E-state index is -4.51. The minimum Gasteiger partial charge on any atom is -0.381 e. The Labute approximate surface area is 193 Å². The van der Waals surface area contributed by atoms with Crippen LogP contribution in [-0.4, -0.2) is 71.7 Å². The van der Waals surface area contributed by atoms with Crippen LogP contribution in [0.5, 0.6) is 0 Å². The van der Waals surface area contributed by atoms with Crippen molar-refractivity contribution < 1.29 is 26.7 Å². The lowest BCUT2D eigenvalue weighted by atomic mass is 10.0. The molecule has 1 N–H and O–H groups in total. The van der Waals surface area contributed by atoms with Crippen molar-refractivity contribution in [3.8, 4) is 0 Å². The second-order valence-corrected chi connectivity index (χ2v) is 9.22. The van der Waals surface area contributed by atoms with Gasteiger partial charge in [0, 0.05) is 37.9 Å². The molecule has 0 radical (unpaired) electrons. The first kappa shape index (κ1) is 23.2. The first-order valence-corrected chi connectivity index (χ1v) is 11.3. The Morgan fingerprint density at radius 2 is 1.94 bits per heavy atom. The number of nitrogens with zero attached hydrogens (tertiary/aromatic N) is 5. The molecule has 0 aromatic carbocycles. The third-order valence-corrected chi connectivity index (χ3v) is 6.44. The summed E-state index contributed by atoms with van der Waals surface area (Å²) in [6, 6.07) is 3.45. The van der Waals surface area contributed by atoms with Crippen LogP contribution in [0.25, 0.3) is 0 Å². The minimum absolute atomic E-state index is 0.0337. The van der Waals surface area contributed by atoms with Crippen LogP contribution in [0.2, 0.25) is 0 Å². The third-order valence-electron chi connectivity index (χ3n) is 6.44. The lowest BCUT2D eigenvalue weighted by Crippen LogP contribution is -2.57. The van der Waals surface area contributed by atoms with E-state index < -0.39 is 30.8 Å². The molecule has 3 fully saturated rings. The van der Waals surface area contributed by atoms with E-state index in [2.05, 4.69) is 25.2 Å². The molecule has 3 aliphatic heterocycles. The van der Waals surface area contributed by atoms with E-state index in [1.54, 1.807) is 6.07 Å². The van der Waals surface area contributed by atoms with Gasteiger partial charge in [0.25, 0.3) is 5.92 Å². The van der Waals surface area contributed by atoms with Crippen LogP contribution < -0.4 is 10.2 Å². The zero-order valence-electron chi connectivity index (χ0n) is 18.4. The Kier molecular flexibility index (Phi) is 6.05. The number of halogens is 5. The van der Waals surface area contributed by atoms with Gasteiger partial charge in [0.1, 0.15) is 11.6 Å². The summed E-state index contributed by atoms with van der Waals surface area (Å²) in [5.41, 5.74) is -0.163. The Balaban J connectivity index is 1.37. The van der Waals surface area contributed by atoms with E-state index >= 15 is 0 Å². The highest BCUT2D eigenvalue weighted by Gasteiger charge is 2.45. The van der Waals surface area contributed by atoms with Gasteiger partial charge in [-0.3, -0.25) is 0 Å². The molecule has 0 amide bonds. The predicted octanol–water partition coefficient (Wildman–Crippen LogP) is 3.92. The molecular weight excluding hydrogens is 459 g/mol. The molecule has 2 aromatic rings. The van der Waals surface area contributed by atoms with E-state index in [0.717, 1.165) is 64.0 Å². The lowest BCUT2D eigenvalue weighted by Gasteiger charge is -2.38. The highest BCUT2D eigenvalue weighted by Crippen LogP contribution is 2.35. The van der Waals surface area contributed by atoms with Gasteiger partial charge in [0.15, 0.2) is 0 Å². The number of nitrogens with one attached hydrogen (secondary N) is 1. The van der Waals surface area contributed by atoms with Crippen molar-refractivity contribution in [3.63, 3.8) is 0 Å². The number of hydrogen-bond acceptors (Lipinski definition) is 7. The van der Waals surface area contributed by atoms with E-state index in [0.29, 0.717) is 11.6 Å². The number of aromatic nitrogens is 3. The highest BCUT2D eigenvalue weighted by molar-refractivity contribution is 5.56. The maximum absolute atomic E-state index is 13.5. The van der Waals surface area contributed by atoms with Crippen molar-refractivity contribution >= 4 is 17.6 Å². The molecule has 0 bridgehead atoms. The van der Waals surface area contributed by atoms with Gasteiger partial charge in [-0.1, -0.05) is 0 Å². The van der Waals surface area contributed by atoms with E-state index in [-0.39, 0.29) is 23.5 Å². The molecule has 0 spiro atoms. The standard InChI is InChI=1S/C22H25F5N6O/c23-21(24)12-33(13-21)20-29-17(15-2-5-32(10-15)9-14-3-6-34-11-14)8-19(31-20)30-18-7-16(1-4-28-18)22(25,26)27/h1,4,7-8,14-15H,2-3,5-6,9-13H2,(H,28,29,30,31). The molecule has 34 heavy (non-hydrogen) atoms. The number of rotatable bonds is 6. The van der Waals surface area contributed by atoms with Crippen LogP contribution >= 0.6 is 0 Å². The van der Waals surface area contributed by atoms with Gasteiger partial charge in [-0.05, 0) is 37.4 Å². The SMILES string of the molecule is FC1(F)CN(c2nc(Nc3cc(C(F)(F)F)ccn3)cc(C3CCN(CC4CCOC4)C3)n2)C1. The van der Waals surface area contributed by atoms with E-state index in [4.69, 9.17) is 4.74 Å². The number of anilines is 3. The fraction of sp³-hybridized carbons (Fsp3) is 0.591. The summed E-state index contributed by atoms with van der Waals surface area (Å²) in [4.78, 5) is 16.5. The molecule has 5 rings (SSSR count).